The molecule has 0 aliphatic heterocycles. The topological polar surface area (TPSA) is 88.8 Å². The van der Waals surface area contributed by atoms with Crippen LogP contribution >= 0.6 is 0 Å². The number of H-pyrrole nitrogens is 1. The number of hydrogen-bond acceptors (Lipinski definition) is 3. The monoisotopic (exact) mass is 399 g/mol. The number of primary amides is 1. The van der Waals surface area contributed by atoms with Crippen molar-refractivity contribution < 1.29 is 13.6 Å². The second kappa shape index (κ2) is 8.51. The number of pyridine rings is 2. The molecule has 152 valence electrons. The fraction of sp³-hybridized carbons (Fsp3) is 0.318. The molecule has 4 rings (SSSR count). The van der Waals surface area contributed by atoms with Gasteiger partial charge in [0.15, 0.2) is 17.1 Å². The first-order chi connectivity index (χ1) is 13.8. The van der Waals surface area contributed by atoms with E-state index in [2.05, 4.69) is 16.9 Å². The summed E-state index contributed by atoms with van der Waals surface area (Å²) in [5, 5.41) is 0.287. The number of nitrogens with zero attached hydrogens (tertiary/aromatic N) is 1. The van der Waals surface area contributed by atoms with E-state index in [1.165, 1.54) is 31.7 Å². The maximum atomic E-state index is 12.4. The zero-order chi connectivity index (χ0) is 21.1. The predicted molar refractivity (Wildman–Crippen MR) is 108 cm³/mol. The van der Waals surface area contributed by atoms with E-state index < -0.39 is 17.5 Å². The average Bonchev–Trinajstić information content (AvgIpc) is 3.12. The number of aryl methyl sites for hydroxylation is 1. The Morgan fingerprint density at radius 2 is 2.00 bits per heavy atom. The van der Waals surface area contributed by atoms with E-state index in [0.29, 0.717) is 22.9 Å². The Labute approximate surface area is 167 Å². The molecule has 2 atom stereocenters. The molecule has 0 spiro atoms. The van der Waals surface area contributed by atoms with Gasteiger partial charge in [0.1, 0.15) is 5.69 Å². The maximum Gasteiger partial charge on any atom is 0.268 e. The van der Waals surface area contributed by atoms with Crippen LogP contribution in [0.3, 0.4) is 0 Å². The number of carbonyl (C=O) groups is 1. The number of halogens is 2. The number of benzene rings is 1. The molecule has 0 saturated heterocycles. The number of amides is 1. The molecule has 0 bridgehead atoms. The van der Waals surface area contributed by atoms with Crippen LogP contribution in [0, 0.1) is 24.5 Å². The fourth-order valence-electron chi connectivity index (χ4n) is 3.73. The zero-order valence-corrected chi connectivity index (χ0v) is 16.3. The largest absolute Gasteiger partial charge is 0.364 e. The maximum absolute atomic E-state index is 12.4. The molecule has 3 aromatic rings. The van der Waals surface area contributed by atoms with Crippen LogP contribution in [0.4, 0.5) is 8.78 Å². The summed E-state index contributed by atoms with van der Waals surface area (Å²) in [6.07, 6.45) is 4.87. The van der Waals surface area contributed by atoms with E-state index in [-0.39, 0.29) is 16.5 Å². The van der Waals surface area contributed by atoms with Gasteiger partial charge in [0.2, 0.25) is 0 Å². The number of hydrogen-bond donors (Lipinski definition) is 2. The lowest BCUT2D eigenvalue weighted by atomic mass is 10.0. The number of rotatable bonds is 2. The SMILES string of the molecule is CC1CCC(c2cc(=O)c3c(C(N)=O)nccc3[nH]2)C1.Cc1cccc(F)c1F. The van der Waals surface area contributed by atoms with Crippen molar-refractivity contribution in [1.29, 1.82) is 0 Å². The second-order valence-corrected chi connectivity index (χ2v) is 7.52. The Hall–Kier alpha value is -3.09. The van der Waals surface area contributed by atoms with E-state index in [1.54, 1.807) is 12.1 Å². The summed E-state index contributed by atoms with van der Waals surface area (Å²) in [6, 6.07) is 7.42. The molecule has 1 saturated carbocycles. The molecule has 3 N–H and O–H groups in total. The van der Waals surface area contributed by atoms with Crippen molar-refractivity contribution in [3.8, 4) is 0 Å². The van der Waals surface area contributed by atoms with E-state index in [9.17, 15) is 18.4 Å². The van der Waals surface area contributed by atoms with Crippen LogP contribution in [0.5, 0.6) is 0 Å². The Morgan fingerprint density at radius 1 is 1.24 bits per heavy atom. The molecule has 1 amide bonds. The highest BCUT2D eigenvalue weighted by molar-refractivity contribution is 6.03. The molecule has 2 heterocycles. The normalized spacial score (nSPS) is 18.3. The van der Waals surface area contributed by atoms with Crippen molar-refractivity contribution >= 4 is 16.8 Å². The summed E-state index contributed by atoms with van der Waals surface area (Å²) < 4.78 is 24.6. The number of aromatic amines is 1. The van der Waals surface area contributed by atoms with E-state index in [4.69, 9.17) is 5.73 Å². The van der Waals surface area contributed by atoms with Gasteiger partial charge < -0.3 is 10.7 Å². The smallest absolute Gasteiger partial charge is 0.268 e. The summed E-state index contributed by atoms with van der Waals surface area (Å²) in [6.45, 7) is 3.76. The lowest BCUT2D eigenvalue weighted by Crippen LogP contribution is -2.18. The number of nitrogens with one attached hydrogen (secondary N) is 1. The Bertz CT molecular complexity index is 1090. The van der Waals surface area contributed by atoms with Gasteiger partial charge in [-0.25, -0.2) is 8.78 Å². The molecule has 1 fully saturated rings. The molecule has 1 aliphatic rings. The van der Waals surface area contributed by atoms with Crippen LogP contribution in [0.2, 0.25) is 0 Å². The van der Waals surface area contributed by atoms with Gasteiger partial charge in [-0.3, -0.25) is 14.6 Å². The van der Waals surface area contributed by atoms with Crippen LogP contribution in [0.15, 0.2) is 41.3 Å². The minimum absolute atomic E-state index is 0.0371. The molecule has 1 aliphatic carbocycles. The third-order valence-electron chi connectivity index (χ3n) is 5.28. The standard InChI is InChI=1S/C15H17N3O2.C7H6F2/c1-8-2-3-9(6-8)11-7-12(19)13-10(18-11)4-5-17-14(13)15(16)20;1-5-3-2-4-6(8)7(5)9/h4-5,7-9H,2-3,6H2,1H3,(H2,16,20)(H,18,19);2-4H,1H3. The summed E-state index contributed by atoms with van der Waals surface area (Å²) >= 11 is 0. The summed E-state index contributed by atoms with van der Waals surface area (Å²) in [5.74, 6) is -1.12. The van der Waals surface area contributed by atoms with Crippen LogP contribution in [0.25, 0.3) is 10.9 Å². The lowest BCUT2D eigenvalue weighted by Gasteiger charge is -2.11. The van der Waals surface area contributed by atoms with Crippen molar-refractivity contribution in [3.05, 3.63) is 75.3 Å². The Balaban J connectivity index is 0.000000224. The van der Waals surface area contributed by atoms with Crippen molar-refractivity contribution in [1.82, 2.24) is 9.97 Å². The van der Waals surface area contributed by atoms with Gasteiger partial charge >= 0.3 is 0 Å². The lowest BCUT2D eigenvalue weighted by molar-refractivity contribution is 0.0997. The van der Waals surface area contributed by atoms with Gasteiger partial charge in [0.05, 0.1) is 10.9 Å². The number of nitrogens with two attached hydrogens (primary N) is 1. The minimum atomic E-state index is -0.782. The molecule has 7 heteroatoms. The quantitative estimate of drug-likeness (QED) is 0.677. The summed E-state index contributed by atoms with van der Waals surface area (Å²) in [7, 11) is 0. The second-order valence-electron chi connectivity index (χ2n) is 7.52. The highest BCUT2D eigenvalue weighted by Gasteiger charge is 2.24. The van der Waals surface area contributed by atoms with Crippen LogP contribution < -0.4 is 11.2 Å². The summed E-state index contributed by atoms with van der Waals surface area (Å²) in [4.78, 5) is 30.8. The van der Waals surface area contributed by atoms with E-state index in [0.717, 1.165) is 24.6 Å². The van der Waals surface area contributed by atoms with Crippen LogP contribution in [-0.4, -0.2) is 15.9 Å². The highest BCUT2D eigenvalue weighted by Crippen LogP contribution is 2.37. The molecular formula is C22H23F2N3O2. The average molecular weight is 399 g/mol. The number of aromatic nitrogens is 2. The first-order valence-corrected chi connectivity index (χ1v) is 9.50. The minimum Gasteiger partial charge on any atom is -0.364 e. The van der Waals surface area contributed by atoms with Gasteiger partial charge in [-0.15, -0.1) is 0 Å². The fourth-order valence-corrected chi connectivity index (χ4v) is 3.73. The van der Waals surface area contributed by atoms with Gasteiger partial charge in [0, 0.05) is 18.0 Å². The molecule has 29 heavy (non-hydrogen) atoms. The molecule has 2 unspecified atom stereocenters. The van der Waals surface area contributed by atoms with Crippen molar-refractivity contribution in [2.75, 3.05) is 0 Å². The van der Waals surface area contributed by atoms with Gasteiger partial charge in [0.25, 0.3) is 5.91 Å². The predicted octanol–water partition coefficient (Wildman–Crippen LogP) is 4.20. The molecule has 2 aromatic heterocycles. The van der Waals surface area contributed by atoms with Crippen molar-refractivity contribution in [2.45, 2.75) is 39.0 Å². The highest BCUT2D eigenvalue weighted by atomic mass is 19.2. The molecule has 0 radical (unpaired) electrons. The van der Waals surface area contributed by atoms with E-state index >= 15 is 0 Å². The van der Waals surface area contributed by atoms with Gasteiger partial charge in [-0.05, 0) is 49.3 Å². The zero-order valence-electron chi connectivity index (χ0n) is 16.3. The molecule has 5 nitrogen and oxygen atoms in total. The van der Waals surface area contributed by atoms with Gasteiger partial charge in [-0.2, -0.15) is 0 Å². The third kappa shape index (κ3) is 4.50. The number of carbonyl (C=O) groups excluding carboxylic acids is 1. The summed E-state index contributed by atoms with van der Waals surface area (Å²) in [5.41, 5.74) is 7.05. The number of fused-ring (bicyclic) bond motifs is 1. The Morgan fingerprint density at radius 3 is 2.59 bits per heavy atom. The molecule has 1 aromatic carbocycles. The van der Waals surface area contributed by atoms with Gasteiger partial charge in [-0.1, -0.05) is 25.5 Å². The first-order valence-electron chi connectivity index (χ1n) is 9.50. The molecular weight excluding hydrogens is 376 g/mol. The Kier molecular flexibility index (Phi) is 6.06. The van der Waals surface area contributed by atoms with Crippen LogP contribution in [0.1, 0.15) is 53.8 Å². The first kappa shape index (κ1) is 20.6. The van der Waals surface area contributed by atoms with Crippen LogP contribution in [-0.2, 0) is 0 Å². The van der Waals surface area contributed by atoms with E-state index in [1.807, 2.05) is 0 Å². The third-order valence-corrected chi connectivity index (χ3v) is 5.28. The van der Waals surface area contributed by atoms with Crippen molar-refractivity contribution in [2.24, 2.45) is 11.7 Å². The van der Waals surface area contributed by atoms with Crippen molar-refractivity contribution in [3.63, 3.8) is 0 Å².